The number of carboxylic acid groups (broad SMARTS) is 1. The monoisotopic (exact) mass is 678 g/mol. The van der Waals surface area contributed by atoms with E-state index in [0.717, 1.165) is 16.9 Å². The highest BCUT2D eigenvalue weighted by atomic mass is 35.5. The van der Waals surface area contributed by atoms with Gasteiger partial charge in [0.1, 0.15) is 6.61 Å². The lowest BCUT2D eigenvalue weighted by Crippen LogP contribution is -2.39. The number of halogens is 1. The standard InChI is InChI=1S/C34H31ClN2O9S/c1-5-44-25-12-11-22(16-26(25)45-6-2)29-23(33(41)43-4)17-36-34-37(29)31(38)28(47-34)15-20-13-24(35)30(27(14-20)42-3)46-18-19-7-9-21(10-8-19)32(39)40/h7-17,29H,5-6,18H2,1-4H3,(H,39,40)/b28-15-/t29-/m0/s1. The van der Waals surface area contributed by atoms with Gasteiger partial charge in [0.15, 0.2) is 27.8 Å². The first kappa shape index (κ1) is 33.3. The Hall–Kier alpha value is -5.07. The summed E-state index contributed by atoms with van der Waals surface area (Å²) in [5.74, 6) is 0.0158. The minimum atomic E-state index is -1.02. The predicted octanol–water partition coefficient (Wildman–Crippen LogP) is 4.75. The molecule has 0 fully saturated rings. The number of rotatable bonds is 12. The van der Waals surface area contributed by atoms with Gasteiger partial charge >= 0.3 is 11.9 Å². The molecule has 4 aromatic rings. The molecule has 13 heteroatoms. The van der Waals surface area contributed by atoms with Crippen LogP contribution >= 0.6 is 22.9 Å². The van der Waals surface area contributed by atoms with Crippen LogP contribution in [-0.2, 0) is 16.1 Å². The maximum atomic E-state index is 14.0. The molecule has 5 rings (SSSR count). The summed E-state index contributed by atoms with van der Waals surface area (Å²) >= 11 is 7.77. The summed E-state index contributed by atoms with van der Waals surface area (Å²) in [6.45, 7) is 4.67. The lowest BCUT2D eigenvalue weighted by Gasteiger charge is -2.23. The van der Waals surface area contributed by atoms with Crippen LogP contribution in [0.25, 0.3) is 6.08 Å². The highest BCUT2D eigenvalue weighted by Crippen LogP contribution is 2.38. The van der Waals surface area contributed by atoms with Gasteiger partial charge in [-0.1, -0.05) is 41.1 Å². The van der Waals surface area contributed by atoms with Gasteiger partial charge in [0.25, 0.3) is 5.56 Å². The van der Waals surface area contributed by atoms with Crippen LogP contribution in [-0.4, -0.2) is 49.0 Å². The van der Waals surface area contributed by atoms with E-state index in [1.807, 2.05) is 13.8 Å². The maximum absolute atomic E-state index is 14.0. The number of benzene rings is 3. The van der Waals surface area contributed by atoms with E-state index >= 15 is 0 Å². The van der Waals surface area contributed by atoms with Gasteiger partial charge in [-0.3, -0.25) is 9.36 Å². The number of aromatic carboxylic acids is 1. The highest BCUT2D eigenvalue weighted by Gasteiger charge is 2.31. The first-order chi connectivity index (χ1) is 22.7. The third kappa shape index (κ3) is 7.03. The zero-order valence-electron chi connectivity index (χ0n) is 25.9. The van der Waals surface area contributed by atoms with E-state index in [9.17, 15) is 14.4 Å². The molecule has 47 heavy (non-hydrogen) atoms. The fraction of sp³-hybridized carbons (Fsp3) is 0.235. The van der Waals surface area contributed by atoms with Crippen LogP contribution in [0.4, 0.5) is 0 Å². The van der Waals surface area contributed by atoms with E-state index in [0.29, 0.717) is 56.7 Å². The SMILES string of the molecule is CCOc1ccc([C@H]2C(C(=O)OC)=CN=c3s/c(=C\c4cc(Cl)c(OCc5ccc(C(=O)O)cc5)c(OC)c4)c(=O)n32)cc1OCC. The van der Waals surface area contributed by atoms with Crippen LogP contribution in [0.3, 0.4) is 0 Å². The third-order valence-electron chi connectivity index (χ3n) is 7.14. The van der Waals surface area contributed by atoms with Crippen LogP contribution in [0.15, 0.2) is 76.2 Å². The Bertz CT molecular complexity index is 2030. The Morgan fingerprint density at radius 1 is 0.979 bits per heavy atom. The van der Waals surface area contributed by atoms with Gasteiger partial charge in [0, 0.05) is 6.20 Å². The Labute approximate surface area is 278 Å². The fourth-order valence-electron chi connectivity index (χ4n) is 5.00. The quantitative estimate of drug-likeness (QED) is 0.211. The van der Waals surface area contributed by atoms with Gasteiger partial charge in [-0.2, -0.15) is 0 Å². The molecule has 0 saturated heterocycles. The number of carbonyl (C=O) groups excluding carboxylic acids is 1. The van der Waals surface area contributed by atoms with Crippen molar-refractivity contribution >= 4 is 41.0 Å². The molecule has 0 aliphatic carbocycles. The van der Waals surface area contributed by atoms with Gasteiger partial charge < -0.3 is 28.8 Å². The van der Waals surface area contributed by atoms with Crippen LogP contribution in [0.2, 0.25) is 5.02 Å². The second-order valence-corrected chi connectivity index (χ2v) is 11.5. The molecular weight excluding hydrogens is 648 g/mol. The molecule has 1 aliphatic heterocycles. The predicted molar refractivity (Wildman–Crippen MR) is 176 cm³/mol. The third-order valence-corrected chi connectivity index (χ3v) is 8.42. The van der Waals surface area contributed by atoms with E-state index in [-0.39, 0.29) is 28.3 Å². The van der Waals surface area contributed by atoms with E-state index in [1.54, 1.807) is 48.5 Å². The van der Waals surface area contributed by atoms with Gasteiger partial charge in [0.2, 0.25) is 0 Å². The molecule has 0 amide bonds. The average molecular weight is 679 g/mol. The number of carboxylic acids is 1. The van der Waals surface area contributed by atoms with E-state index in [1.165, 1.54) is 37.1 Å². The molecular formula is C34H31ClN2O9S. The van der Waals surface area contributed by atoms with Crippen molar-refractivity contribution < 1.29 is 38.4 Å². The Morgan fingerprint density at radius 3 is 2.36 bits per heavy atom. The lowest BCUT2D eigenvalue weighted by atomic mass is 9.97. The first-order valence-corrected chi connectivity index (χ1v) is 15.7. The normalized spacial score (nSPS) is 14.0. The molecule has 1 aromatic heterocycles. The summed E-state index contributed by atoms with van der Waals surface area (Å²) in [6.07, 6.45) is 3.08. The minimum Gasteiger partial charge on any atom is -0.493 e. The van der Waals surface area contributed by atoms with Crippen molar-refractivity contribution in [3.8, 4) is 23.0 Å². The number of hydrogen-bond acceptors (Lipinski definition) is 10. The number of ether oxygens (including phenoxy) is 5. The molecule has 0 saturated carbocycles. The number of fused-ring (bicyclic) bond motifs is 1. The highest BCUT2D eigenvalue weighted by molar-refractivity contribution is 7.07. The number of esters is 1. The van der Waals surface area contributed by atoms with Gasteiger partial charge in [0.05, 0.1) is 54.2 Å². The molecule has 1 atom stereocenters. The van der Waals surface area contributed by atoms with Crippen LogP contribution in [0.5, 0.6) is 23.0 Å². The van der Waals surface area contributed by atoms with Gasteiger partial charge in [-0.25, -0.2) is 14.6 Å². The van der Waals surface area contributed by atoms with Crippen molar-refractivity contribution in [3.05, 3.63) is 113 Å². The number of carbonyl (C=O) groups is 2. The molecule has 11 nitrogen and oxygen atoms in total. The maximum Gasteiger partial charge on any atom is 0.337 e. The molecule has 1 aliphatic rings. The number of methoxy groups -OCH3 is 2. The number of thiazole rings is 1. The van der Waals surface area contributed by atoms with Crippen LogP contribution in [0, 0.1) is 0 Å². The minimum absolute atomic E-state index is 0.118. The molecule has 0 unspecified atom stereocenters. The molecule has 2 heterocycles. The number of aromatic nitrogens is 1. The van der Waals surface area contributed by atoms with Crippen LogP contribution in [0.1, 0.15) is 46.9 Å². The zero-order chi connectivity index (χ0) is 33.7. The molecule has 0 spiro atoms. The van der Waals surface area contributed by atoms with Crippen molar-refractivity contribution in [3.63, 3.8) is 0 Å². The second-order valence-electron chi connectivity index (χ2n) is 10.1. The van der Waals surface area contributed by atoms with E-state index < -0.39 is 18.0 Å². The first-order valence-electron chi connectivity index (χ1n) is 14.5. The van der Waals surface area contributed by atoms with Crippen LogP contribution < -0.4 is 33.8 Å². The van der Waals surface area contributed by atoms with Crippen molar-refractivity contribution in [2.24, 2.45) is 4.99 Å². The number of hydrogen-bond donors (Lipinski definition) is 1. The molecule has 0 radical (unpaired) electrons. The smallest absolute Gasteiger partial charge is 0.337 e. The zero-order valence-corrected chi connectivity index (χ0v) is 27.5. The summed E-state index contributed by atoms with van der Waals surface area (Å²) in [6, 6.07) is 14.1. The lowest BCUT2D eigenvalue weighted by molar-refractivity contribution is -0.136. The average Bonchev–Trinajstić information content (AvgIpc) is 3.38. The largest absolute Gasteiger partial charge is 0.493 e. The molecule has 1 N–H and O–H groups in total. The summed E-state index contributed by atoms with van der Waals surface area (Å²) in [5.41, 5.74) is 1.89. The van der Waals surface area contributed by atoms with Gasteiger partial charge in [-0.15, -0.1) is 0 Å². The molecule has 244 valence electrons. The summed E-state index contributed by atoms with van der Waals surface area (Å²) < 4.78 is 29.9. The van der Waals surface area contributed by atoms with Crippen molar-refractivity contribution in [1.82, 2.24) is 4.57 Å². The molecule has 3 aromatic carbocycles. The molecule has 0 bridgehead atoms. The van der Waals surface area contributed by atoms with Crippen molar-refractivity contribution in [2.75, 3.05) is 27.4 Å². The summed E-state index contributed by atoms with van der Waals surface area (Å²) in [7, 11) is 2.74. The van der Waals surface area contributed by atoms with Crippen molar-refractivity contribution in [2.45, 2.75) is 26.5 Å². The summed E-state index contributed by atoms with van der Waals surface area (Å²) in [4.78, 5) is 42.8. The number of nitrogens with zero attached hydrogens (tertiary/aromatic N) is 2. The van der Waals surface area contributed by atoms with Gasteiger partial charge in [-0.05, 0) is 73.0 Å². The summed E-state index contributed by atoms with van der Waals surface area (Å²) in [5, 5.41) is 9.37. The Morgan fingerprint density at radius 2 is 1.70 bits per heavy atom. The Balaban J connectivity index is 1.53. The van der Waals surface area contributed by atoms with E-state index in [4.69, 9.17) is 40.4 Å². The fourth-order valence-corrected chi connectivity index (χ4v) is 6.24. The Kier molecular flexibility index (Phi) is 10.3. The van der Waals surface area contributed by atoms with Crippen molar-refractivity contribution in [1.29, 1.82) is 0 Å². The second kappa shape index (κ2) is 14.6. The topological polar surface area (TPSA) is 135 Å². The van der Waals surface area contributed by atoms with E-state index in [2.05, 4.69) is 4.99 Å².